The molecular weight excluding hydrogens is 204 g/mol. The molecule has 62 valence electrons. The third-order valence-corrected chi connectivity index (χ3v) is 2.46. The van der Waals surface area contributed by atoms with Crippen LogP contribution in [0.4, 0.5) is 0 Å². The molecule has 0 saturated carbocycles. The van der Waals surface area contributed by atoms with Gasteiger partial charge in [0.1, 0.15) is 0 Å². The van der Waals surface area contributed by atoms with Gasteiger partial charge in [0, 0.05) is 0 Å². The summed E-state index contributed by atoms with van der Waals surface area (Å²) in [6.45, 7) is 4.41. The fourth-order valence-corrected chi connectivity index (χ4v) is 1.66. The van der Waals surface area contributed by atoms with Gasteiger partial charge in [-0.2, -0.15) is 0 Å². The summed E-state index contributed by atoms with van der Waals surface area (Å²) in [5, 5.41) is 0. The maximum atomic E-state index is 5.17. The molecule has 0 spiro atoms. The zero-order chi connectivity index (χ0) is 8.27. The molecule has 0 bridgehead atoms. The van der Waals surface area contributed by atoms with Crippen LogP contribution in [-0.2, 0) is 0 Å². The average molecular weight is 217 g/mol. The summed E-state index contributed by atoms with van der Waals surface area (Å²) in [4.78, 5) is 0. The minimum absolute atomic E-state index is 0.657. The highest BCUT2D eigenvalue weighted by Crippen LogP contribution is 2.26. The van der Waals surface area contributed by atoms with Crippen LogP contribution in [0.25, 0.3) is 0 Å². The van der Waals surface area contributed by atoms with Gasteiger partial charge >= 0.3 is 0 Å². The van der Waals surface area contributed by atoms with E-state index in [-0.39, 0.29) is 0 Å². The van der Waals surface area contributed by atoms with Crippen molar-refractivity contribution in [2.24, 2.45) is 0 Å². The van der Waals surface area contributed by atoms with Gasteiger partial charge in [-0.3, -0.25) is 0 Å². The molecule has 0 unspecified atom stereocenters. The van der Waals surface area contributed by atoms with Crippen LogP contribution in [0.5, 0.6) is 0 Å². The van der Waals surface area contributed by atoms with Gasteiger partial charge in [-0.1, -0.05) is 13.8 Å². The minimum atomic E-state index is 0.657. The van der Waals surface area contributed by atoms with E-state index in [9.17, 15) is 0 Å². The Morgan fingerprint density at radius 3 is 2.45 bits per heavy atom. The molecule has 1 aromatic heterocycles. The van der Waals surface area contributed by atoms with Crippen molar-refractivity contribution in [3.63, 3.8) is 0 Å². The van der Waals surface area contributed by atoms with E-state index in [2.05, 4.69) is 35.8 Å². The molecule has 1 nitrogen and oxygen atoms in total. The largest absolute Gasteiger partial charge is 0.457 e. The number of hydrogen-bond donors (Lipinski definition) is 0. The second kappa shape index (κ2) is 3.96. The Labute approximate surface area is 75.9 Å². The third kappa shape index (κ3) is 2.09. The number of rotatable bonds is 3. The first-order valence-electron chi connectivity index (χ1n) is 4.01. The first-order chi connectivity index (χ1) is 5.27. The Morgan fingerprint density at radius 2 is 2.09 bits per heavy atom. The lowest BCUT2D eigenvalue weighted by Crippen LogP contribution is -1.91. The zero-order valence-corrected chi connectivity index (χ0v) is 8.52. The predicted octanol–water partition coefficient (Wildman–Crippen LogP) is 3.95. The summed E-state index contributed by atoms with van der Waals surface area (Å²) >= 11 is 3.29. The molecule has 1 heterocycles. The zero-order valence-electron chi connectivity index (χ0n) is 6.93. The van der Waals surface area contributed by atoms with E-state index in [0.29, 0.717) is 5.92 Å². The summed E-state index contributed by atoms with van der Waals surface area (Å²) in [7, 11) is 0. The molecule has 0 aliphatic heterocycles. The van der Waals surface area contributed by atoms with Crippen molar-refractivity contribution in [3.8, 4) is 0 Å². The molecular formula is C9H13BrO. The van der Waals surface area contributed by atoms with E-state index in [1.54, 1.807) is 0 Å². The van der Waals surface area contributed by atoms with Crippen molar-refractivity contribution in [1.29, 1.82) is 0 Å². The first-order valence-corrected chi connectivity index (χ1v) is 4.81. The lowest BCUT2D eigenvalue weighted by Gasteiger charge is -2.07. The maximum absolute atomic E-state index is 5.17. The molecule has 1 rings (SSSR count). The summed E-state index contributed by atoms with van der Waals surface area (Å²) in [5.74, 6) is 0.657. The van der Waals surface area contributed by atoms with Crippen molar-refractivity contribution in [3.05, 3.63) is 22.6 Å². The van der Waals surface area contributed by atoms with Crippen molar-refractivity contribution in [2.75, 3.05) is 0 Å². The van der Waals surface area contributed by atoms with Crippen LogP contribution < -0.4 is 0 Å². The molecule has 0 saturated heterocycles. The van der Waals surface area contributed by atoms with Crippen LogP contribution in [0.2, 0.25) is 0 Å². The van der Waals surface area contributed by atoms with Crippen molar-refractivity contribution >= 4 is 15.9 Å². The Morgan fingerprint density at radius 1 is 1.45 bits per heavy atom. The SMILES string of the molecule is CCC(CC)c1coc(Br)c1. The fraction of sp³-hybridized carbons (Fsp3) is 0.556. The van der Waals surface area contributed by atoms with Gasteiger partial charge in [0.25, 0.3) is 0 Å². The Hall–Kier alpha value is -0.240. The van der Waals surface area contributed by atoms with Gasteiger partial charge in [-0.15, -0.1) is 0 Å². The van der Waals surface area contributed by atoms with Crippen LogP contribution in [0.1, 0.15) is 38.2 Å². The van der Waals surface area contributed by atoms with E-state index in [4.69, 9.17) is 4.42 Å². The molecule has 0 aliphatic rings. The maximum Gasteiger partial charge on any atom is 0.169 e. The molecule has 0 radical (unpaired) electrons. The number of hydrogen-bond acceptors (Lipinski definition) is 1. The van der Waals surface area contributed by atoms with Crippen LogP contribution in [0, 0.1) is 0 Å². The van der Waals surface area contributed by atoms with Gasteiger partial charge in [-0.05, 0) is 46.3 Å². The lowest BCUT2D eigenvalue weighted by molar-refractivity contribution is 0.531. The normalized spacial score (nSPS) is 10.9. The highest BCUT2D eigenvalue weighted by atomic mass is 79.9. The molecule has 0 amide bonds. The van der Waals surface area contributed by atoms with Crippen LogP contribution in [0.15, 0.2) is 21.4 Å². The first kappa shape index (κ1) is 8.85. The minimum Gasteiger partial charge on any atom is -0.457 e. The Balaban J connectivity index is 2.73. The monoisotopic (exact) mass is 216 g/mol. The number of halogens is 1. The van der Waals surface area contributed by atoms with E-state index in [0.717, 1.165) is 4.67 Å². The summed E-state index contributed by atoms with van der Waals surface area (Å²) < 4.78 is 6.00. The van der Waals surface area contributed by atoms with Gasteiger partial charge in [0.2, 0.25) is 0 Å². The summed E-state index contributed by atoms with van der Waals surface area (Å²) in [5.41, 5.74) is 1.31. The topological polar surface area (TPSA) is 13.1 Å². The molecule has 0 atom stereocenters. The van der Waals surface area contributed by atoms with Gasteiger partial charge in [-0.25, -0.2) is 0 Å². The molecule has 2 heteroatoms. The van der Waals surface area contributed by atoms with Gasteiger partial charge in [0.15, 0.2) is 4.67 Å². The van der Waals surface area contributed by atoms with Crippen LogP contribution in [-0.4, -0.2) is 0 Å². The molecule has 0 aliphatic carbocycles. The molecule has 0 aromatic carbocycles. The van der Waals surface area contributed by atoms with E-state index >= 15 is 0 Å². The second-order valence-electron chi connectivity index (χ2n) is 2.70. The smallest absolute Gasteiger partial charge is 0.169 e. The number of furan rings is 1. The third-order valence-electron chi connectivity index (χ3n) is 2.04. The quantitative estimate of drug-likeness (QED) is 0.747. The highest BCUT2D eigenvalue weighted by Gasteiger charge is 2.08. The van der Waals surface area contributed by atoms with E-state index in [1.807, 2.05) is 6.26 Å². The molecule has 1 aromatic rings. The van der Waals surface area contributed by atoms with Crippen molar-refractivity contribution in [2.45, 2.75) is 32.6 Å². The summed E-state index contributed by atoms with van der Waals surface area (Å²) in [6.07, 6.45) is 4.20. The van der Waals surface area contributed by atoms with E-state index in [1.165, 1.54) is 18.4 Å². The lowest BCUT2D eigenvalue weighted by atomic mass is 9.97. The molecule has 11 heavy (non-hydrogen) atoms. The van der Waals surface area contributed by atoms with Gasteiger partial charge < -0.3 is 4.42 Å². The summed E-state index contributed by atoms with van der Waals surface area (Å²) in [6, 6.07) is 2.05. The average Bonchev–Trinajstić information content (AvgIpc) is 2.39. The van der Waals surface area contributed by atoms with E-state index < -0.39 is 0 Å². The predicted molar refractivity (Wildman–Crippen MR) is 49.7 cm³/mol. The standard InChI is InChI=1S/C9H13BrO/c1-3-7(4-2)8-5-9(10)11-6-8/h5-7H,3-4H2,1-2H3. The molecule has 0 fully saturated rings. The Bertz CT molecular complexity index is 213. The Kier molecular flexibility index (Phi) is 3.18. The second-order valence-corrected chi connectivity index (χ2v) is 3.48. The van der Waals surface area contributed by atoms with Gasteiger partial charge in [0.05, 0.1) is 6.26 Å². The van der Waals surface area contributed by atoms with Crippen molar-refractivity contribution < 1.29 is 4.42 Å². The van der Waals surface area contributed by atoms with Crippen molar-refractivity contribution in [1.82, 2.24) is 0 Å². The highest BCUT2D eigenvalue weighted by molar-refractivity contribution is 9.10. The van der Waals surface area contributed by atoms with Crippen LogP contribution in [0.3, 0.4) is 0 Å². The fourth-order valence-electron chi connectivity index (χ4n) is 1.30. The molecule has 0 N–H and O–H groups in total. The van der Waals surface area contributed by atoms with Crippen LogP contribution >= 0.6 is 15.9 Å².